The largest absolute Gasteiger partial charge is 0.497 e. The maximum absolute atomic E-state index is 12.8. The lowest BCUT2D eigenvalue weighted by Crippen LogP contribution is -2.25. The summed E-state index contributed by atoms with van der Waals surface area (Å²) < 4.78 is 7.08. The quantitative estimate of drug-likeness (QED) is 0.318. The molecule has 0 unspecified atom stereocenters. The molecule has 0 atom stereocenters. The maximum Gasteiger partial charge on any atom is 0.251 e. The molecule has 12 heteroatoms. The van der Waals surface area contributed by atoms with Gasteiger partial charge in [-0.2, -0.15) is 0 Å². The number of ether oxygens (including phenoxy) is 1. The summed E-state index contributed by atoms with van der Waals surface area (Å²) in [5.41, 5.74) is 3.51. The van der Waals surface area contributed by atoms with Crippen molar-refractivity contribution in [3.05, 3.63) is 70.0 Å². The summed E-state index contributed by atoms with van der Waals surface area (Å²) in [6, 6.07) is 12.9. The Bertz CT molecular complexity index is 1400. The highest BCUT2D eigenvalue weighted by atomic mass is 32.2. The van der Waals surface area contributed by atoms with Crippen molar-refractivity contribution in [2.75, 3.05) is 18.2 Å². The summed E-state index contributed by atoms with van der Waals surface area (Å²) in [6.45, 7) is 6.01. The number of aromatic nitrogens is 5. The molecular formula is C24H25N7O3S2. The Labute approximate surface area is 216 Å². The molecule has 0 saturated heterocycles. The van der Waals surface area contributed by atoms with Crippen LogP contribution < -0.4 is 15.4 Å². The first kappa shape index (κ1) is 25.3. The van der Waals surface area contributed by atoms with E-state index < -0.39 is 0 Å². The summed E-state index contributed by atoms with van der Waals surface area (Å²) in [6.07, 6.45) is 0. The molecule has 2 aromatic heterocycles. The third kappa shape index (κ3) is 5.89. The number of thioether (sulfide) groups is 1. The van der Waals surface area contributed by atoms with Gasteiger partial charge in [-0.25, -0.2) is 0 Å². The van der Waals surface area contributed by atoms with Crippen molar-refractivity contribution in [1.82, 2.24) is 30.3 Å². The first-order chi connectivity index (χ1) is 17.4. The number of aryl methyl sites for hydroxylation is 2. The second kappa shape index (κ2) is 11.3. The zero-order valence-electron chi connectivity index (χ0n) is 20.2. The number of amides is 2. The first-order valence-corrected chi connectivity index (χ1v) is 12.8. The number of anilines is 1. The van der Waals surface area contributed by atoms with Crippen molar-refractivity contribution < 1.29 is 14.3 Å². The van der Waals surface area contributed by atoms with Crippen LogP contribution in [0, 0.1) is 20.8 Å². The van der Waals surface area contributed by atoms with E-state index in [9.17, 15) is 9.59 Å². The highest BCUT2D eigenvalue weighted by Gasteiger charge is 2.19. The lowest BCUT2D eigenvalue weighted by molar-refractivity contribution is -0.113. The van der Waals surface area contributed by atoms with Gasteiger partial charge in [0.15, 0.2) is 11.0 Å². The van der Waals surface area contributed by atoms with Gasteiger partial charge in [-0.05, 0) is 56.2 Å². The smallest absolute Gasteiger partial charge is 0.251 e. The van der Waals surface area contributed by atoms with Gasteiger partial charge >= 0.3 is 0 Å². The van der Waals surface area contributed by atoms with Crippen LogP contribution >= 0.6 is 23.1 Å². The average Bonchev–Trinajstić information content (AvgIpc) is 3.48. The lowest BCUT2D eigenvalue weighted by Gasteiger charge is -2.15. The Morgan fingerprint density at radius 2 is 1.86 bits per heavy atom. The number of hydrogen-bond acceptors (Lipinski definition) is 9. The lowest BCUT2D eigenvalue weighted by atomic mass is 10.1. The number of benzene rings is 2. The van der Waals surface area contributed by atoms with Crippen molar-refractivity contribution in [3.8, 4) is 11.4 Å². The van der Waals surface area contributed by atoms with E-state index in [4.69, 9.17) is 4.74 Å². The molecule has 0 aliphatic rings. The van der Waals surface area contributed by atoms with E-state index in [0.717, 1.165) is 21.8 Å². The van der Waals surface area contributed by atoms with Crippen LogP contribution in [0.3, 0.4) is 0 Å². The predicted molar refractivity (Wildman–Crippen MR) is 139 cm³/mol. The van der Waals surface area contributed by atoms with Gasteiger partial charge in [-0.1, -0.05) is 41.3 Å². The van der Waals surface area contributed by atoms with E-state index in [1.807, 2.05) is 43.5 Å². The Morgan fingerprint density at radius 3 is 2.61 bits per heavy atom. The van der Waals surface area contributed by atoms with Crippen LogP contribution in [-0.2, 0) is 11.3 Å². The van der Waals surface area contributed by atoms with E-state index >= 15 is 0 Å². The number of methoxy groups -OCH3 is 1. The second-order valence-electron chi connectivity index (χ2n) is 7.83. The van der Waals surface area contributed by atoms with E-state index in [1.54, 1.807) is 31.4 Å². The first-order valence-electron chi connectivity index (χ1n) is 11.0. The van der Waals surface area contributed by atoms with Crippen LogP contribution in [-0.4, -0.2) is 49.6 Å². The van der Waals surface area contributed by atoms with E-state index in [-0.39, 0.29) is 24.1 Å². The highest BCUT2D eigenvalue weighted by molar-refractivity contribution is 7.99. The normalized spacial score (nSPS) is 10.8. The SMILES string of the molecule is COc1cccc(C(=O)NCc2nnc(SCC(=O)Nc3nnc(C)s3)n2-c2cccc(C)c2C)c1. The van der Waals surface area contributed by atoms with Gasteiger partial charge in [-0.15, -0.1) is 20.4 Å². The second-order valence-corrected chi connectivity index (χ2v) is 9.96. The molecule has 10 nitrogen and oxygen atoms in total. The summed E-state index contributed by atoms with van der Waals surface area (Å²) in [5, 5.41) is 23.9. The van der Waals surface area contributed by atoms with Gasteiger partial charge in [-0.3, -0.25) is 19.5 Å². The van der Waals surface area contributed by atoms with Crippen LogP contribution in [0.15, 0.2) is 47.6 Å². The van der Waals surface area contributed by atoms with Gasteiger partial charge in [0.25, 0.3) is 5.91 Å². The number of hydrogen-bond donors (Lipinski definition) is 2. The molecule has 0 saturated carbocycles. The molecular weight excluding hydrogens is 498 g/mol. The molecule has 2 amide bonds. The molecule has 0 spiro atoms. The number of carbonyl (C=O) groups excluding carboxylic acids is 2. The maximum atomic E-state index is 12.8. The number of nitrogens with one attached hydrogen (secondary N) is 2. The Hall–Kier alpha value is -3.77. The molecule has 0 radical (unpaired) electrons. The minimum absolute atomic E-state index is 0.109. The molecule has 2 aromatic carbocycles. The Kier molecular flexibility index (Phi) is 7.96. The summed E-state index contributed by atoms with van der Waals surface area (Å²) in [4.78, 5) is 25.2. The Morgan fingerprint density at radius 1 is 1.06 bits per heavy atom. The van der Waals surface area contributed by atoms with Crippen LogP contribution in [0.2, 0.25) is 0 Å². The molecule has 0 aliphatic carbocycles. The summed E-state index contributed by atoms with van der Waals surface area (Å²) in [7, 11) is 1.55. The monoisotopic (exact) mass is 523 g/mol. The molecule has 0 fully saturated rings. The Balaban J connectivity index is 1.55. The summed E-state index contributed by atoms with van der Waals surface area (Å²) in [5.74, 6) is 0.770. The zero-order chi connectivity index (χ0) is 25.7. The fraction of sp³-hybridized carbons (Fsp3) is 0.250. The molecule has 0 bridgehead atoms. The molecule has 4 rings (SSSR count). The molecule has 186 valence electrons. The fourth-order valence-corrected chi connectivity index (χ4v) is 4.76. The van der Waals surface area contributed by atoms with Gasteiger partial charge in [0.05, 0.1) is 25.1 Å². The molecule has 36 heavy (non-hydrogen) atoms. The average molecular weight is 524 g/mol. The third-order valence-electron chi connectivity index (χ3n) is 5.36. The minimum atomic E-state index is -0.259. The zero-order valence-corrected chi connectivity index (χ0v) is 21.9. The number of nitrogens with zero attached hydrogens (tertiary/aromatic N) is 5. The number of carbonyl (C=O) groups is 2. The standard InChI is InChI=1S/C24H25N7O3S2/c1-14-7-5-10-19(15(14)2)31-20(12-25-22(33)17-8-6-9-18(11-17)34-4)28-30-24(31)35-13-21(32)26-23-29-27-16(3)36-23/h5-11H,12-13H2,1-4H3,(H,25,33)(H,26,29,32). The van der Waals surface area contributed by atoms with E-state index in [0.29, 0.717) is 27.4 Å². The summed E-state index contributed by atoms with van der Waals surface area (Å²) >= 11 is 2.56. The van der Waals surface area contributed by atoms with Gasteiger partial charge in [0.2, 0.25) is 11.0 Å². The van der Waals surface area contributed by atoms with E-state index in [1.165, 1.54) is 23.1 Å². The van der Waals surface area contributed by atoms with Gasteiger partial charge in [0, 0.05) is 5.56 Å². The minimum Gasteiger partial charge on any atom is -0.497 e. The predicted octanol–water partition coefficient (Wildman–Crippen LogP) is 3.71. The van der Waals surface area contributed by atoms with Crippen molar-refractivity contribution >= 4 is 40.0 Å². The van der Waals surface area contributed by atoms with Crippen molar-refractivity contribution in [1.29, 1.82) is 0 Å². The molecule has 2 N–H and O–H groups in total. The van der Waals surface area contributed by atoms with Crippen molar-refractivity contribution in [2.45, 2.75) is 32.5 Å². The van der Waals surface area contributed by atoms with Crippen LogP contribution in [0.1, 0.15) is 32.3 Å². The number of rotatable bonds is 9. The van der Waals surface area contributed by atoms with E-state index in [2.05, 4.69) is 31.0 Å². The third-order valence-corrected chi connectivity index (χ3v) is 7.04. The van der Waals surface area contributed by atoms with Gasteiger partial charge < -0.3 is 10.1 Å². The van der Waals surface area contributed by atoms with Gasteiger partial charge in [0.1, 0.15) is 10.8 Å². The molecule has 2 heterocycles. The topological polar surface area (TPSA) is 124 Å². The fourth-order valence-electron chi connectivity index (χ4n) is 3.39. The van der Waals surface area contributed by atoms with Crippen LogP contribution in [0.25, 0.3) is 5.69 Å². The van der Waals surface area contributed by atoms with Crippen molar-refractivity contribution in [3.63, 3.8) is 0 Å². The van der Waals surface area contributed by atoms with Crippen LogP contribution in [0.5, 0.6) is 5.75 Å². The highest BCUT2D eigenvalue weighted by Crippen LogP contribution is 2.26. The molecule has 4 aromatic rings. The molecule has 0 aliphatic heterocycles. The van der Waals surface area contributed by atoms with Crippen LogP contribution in [0.4, 0.5) is 5.13 Å². The van der Waals surface area contributed by atoms with Crippen molar-refractivity contribution in [2.24, 2.45) is 0 Å².